The number of hydrogen-bond acceptors (Lipinski definition) is 3. The molecular weight excluding hydrogens is 228 g/mol. The summed E-state index contributed by atoms with van der Waals surface area (Å²) in [5.74, 6) is -0.161. The molecule has 0 aliphatic heterocycles. The molecule has 1 amide bonds. The van der Waals surface area contributed by atoms with Crippen LogP contribution in [0, 0.1) is 0 Å². The molecule has 0 atom stereocenters. The predicted molar refractivity (Wildman–Crippen MR) is 68.3 cm³/mol. The van der Waals surface area contributed by atoms with E-state index in [4.69, 9.17) is 0 Å². The van der Waals surface area contributed by atoms with E-state index in [9.17, 15) is 4.79 Å². The van der Waals surface area contributed by atoms with Gasteiger partial charge >= 0.3 is 0 Å². The summed E-state index contributed by atoms with van der Waals surface area (Å²) in [4.78, 5) is 12.0. The molecule has 0 saturated heterocycles. The van der Waals surface area contributed by atoms with Crippen molar-refractivity contribution in [1.29, 1.82) is 0 Å². The Balaban J connectivity index is 1.93. The molecule has 0 aliphatic rings. The Kier molecular flexibility index (Phi) is 2.49. The summed E-state index contributed by atoms with van der Waals surface area (Å²) in [6, 6.07) is 14.5. The Morgan fingerprint density at radius 2 is 1.89 bits per heavy atom. The third-order valence-electron chi connectivity index (χ3n) is 2.64. The average Bonchev–Trinajstić information content (AvgIpc) is 2.89. The van der Waals surface area contributed by atoms with Crippen LogP contribution in [0.3, 0.4) is 0 Å². The third kappa shape index (κ3) is 1.82. The lowest BCUT2D eigenvalue weighted by Gasteiger charge is -2.05. The van der Waals surface area contributed by atoms with E-state index in [-0.39, 0.29) is 5.91 Å². The SMILES string of the molecule is O=C(Nc1cccc2[nH]nnc12)c1ccccc1. The van der Waals surface area contributed by atoms with E-state index >= 15 is 0 Å². The Morgan fingerprint density at radius 1 is 1.06 bits per heavy atom. The van der Waals surface area contributed by atoms with Crippen LogP contribution >= 0.6 is 0 Å². The number of benzene rings is 2. The molecule has 0 aliphatic carbocycles. The van der Waals surface area contributed by atoms with Crippen LogP contribution in [-0.2, 0) is 0 Å². The molecule has 0 saturated carbocycles. The van der Waals surface area contributed by atoms with E-state index < -0.39 is 0 Å². The van der Waals surface area contributed by atoms with Crippen molar-refractivity contribution in [2.75, 3.05) is 5.32 Å². The van der Waals surface area contributed by atoms with Crippen molar-refractivity contribution in [3.05, 3.63) is 54.1 Å². The van der Waals surface area contributed by atoms with Gasteiger partial charge in [0.25, 0.3) is 5.91 Å². The number of carbonyl (C=O) groups is 1. The highest BCUT2D eigenvalue weighted by Gasteiger charge is 2.09. The normalized spacial score (nSPS) is 10.4. The lowest BCUT2D eigenvalue weighted by molar-refractivity contribution is 0.102. The zero-order valence-electron chi connectivity index (χ0n) is 9.42. The molecule has 0 spiro atoms. The van der Waals surface area contributed by atoms with Crippen LogP contribution in [0.5, 0.6) is 0 Å². The summed E-state index contributed by atoms with van der Waals surface area (Å²) in [6.45, 7) is 0. The summed E-state index contributed by atoms with van der Waals surface area (Å²) in [5, 5.41) is 13.2. The van der Waals surface area contributed by atoms with Crippen LogP contribution in [0.15, 0.2) is 48.5 Å². The van der Waals surface area contributed by atoms with Gasteiger partial charge in [-0.1, -0.05) is 29.5 Å². The second-order valence-electron chi connectivity index (χ2n) is 3.83. The Bertz CT molecular complexity index is 690. The number of fused-ring (bicyclic) bond motifs is 1. The van der Waals surface area contributed by atoms with Crippen LogP contribution in [0.1, 0.15) is 10.4 Å². The molecule has 3 aromatic rings. The molecule has 18 heavy (non-hydrogen) atoms. The first-order chi connectivity index (χ1) is 8.84. The first-order valence-electron chi connectivity index (χ1n) is 5.51. The van der Waals surface area contributed by atoms with E-state index in [1.165, 1.54) is 0 Å². The number of nitrogens with zero attached hydrogens (tertiary/aromatic N) is 2. The summed E-state index contributed by atoms with van der Waals surface area (Å²) >= 11 is 0. The third-order valence-corrected chi connectivity index (χ3v) is 2.64. The molecule has 5 nitrogen and oxygen atoms in total. The fraction of sp³-hybridized carbons (Fsp3) is 0. The number of H-pyrrole nitrogens is 1. The quantitative estimate of drug-likeness (QED) is 0.719. The van der Waals surface area contributed by atoms with Crippen LogP contribution in [0.2, 0.25) is 0 Å². The van der Waals surface area contributed by atoms with Gasteiger partial charge in [0.05, 0.1) is 11.2 Å². The molecule has 5 heteroatoms. The van der Waals surface area contributed by atoms with Crippen LogP contribution in [0.4, 0.5) is 5.69 Å². The van der Waals surface area contributed by atoms with Crippen molar-refractivity contribution >= 4 is 22.6 Å². The summed E-state index contributed by atoms with van der Waals surface area (Å²) in [7, 11) is 0. The Morgan fingerprint density at radius 3 is 2.72 bits per heavy atom. The van der Waals surface area contributed by atoms with E-state index in [1.807, 2.05) is 30.3 Å². The number of nitrogens with one attached hydrogen (secondary N) is 2. The zero-order chi connectivity index (χ0) is 12.4. The summed E-state index contributed by atoms with van der Waals surface area (Å²) in [5.41, 5.74) is 2.70. The molecule has 2 aromatic carbocycles. The Hall–Kier alpha value is -2.69. The van der Waals surface area contributed by atoms with Crippen LogP contribution in [0.25, 0.3) is 11.0 Å². The lowest BCUT2D eigenvalue weighted by atomic mass is 10.2. The smallest absolute Gasteiger partial charge is 0.255 e. The second-order valence-corrected chi connectivity index (χ2v) is 3.83. The minimum atomic E-state index is -0.161. The van der Waals surface area contributed by atoms with Crippen molar-refractivity contribution in [2.24, 2.45) is 0 Å². The average molecular weight is 238 g/mol. The van der Waals surface area contributed by atoms with Crippen LogP contribution < -0.4 is 5.32 Å². The maximum Gasteiger partial charge on any atom is 0.255 e. The molecule has 1 heterocycles. The van der Waals surface area contributed by atoms with Crippen molar-refractivity contribution in [3.8, 4) is 0 Å². The van der Waals surface area contributed by atoms with E-state index in [0.29, 0.717) is 16.8 Å². The van der Waals surface area contributed by atoms with Gasteiger partial charge < -0.3 is 5.32 Å². The molecule has 88 valence electrons. The highest BCUT2D eigenvalue weighted by molar-refractivity contribution is 6.07. The van der Waals surface area contributed by atoms with Crippen molar-refractivity contribution in [2.45, 2.75) is 0 Å². The molecular formula is C13H10N4O. The van der Waals surface area contributed by atoms with Gasteiger partial charge in [-0.2, -0.15) is 0 Å². The van der Waals surface area contributed by atoms with Gasteiger partial charge in [-0.3, -0.25) is 9.89 Å². The predicted octanol–water partition coefficient (Wildman–Crippen LogP) is 2.21. The number of aromatic amines is 1. The number of amides is 1. The number of carbonyl (C=O) groups excluding carboxylic acids is 1. The standard InChI is InChI=1S/C13H10N4O/c18-13(9-5-2-1-3-6-9)14-10-7-4-8-11-12(10)16-17-15-11/h1-8H,(H,14,18)(H,15,16,17). The maximum atomic E-state index is 12.0. The summed E-state index contributed by atoms with van der Waals surface area (Å²) in [6.07, 6.45) is 0. The molecule has 1 aromatic heterocycles. The van der Waals surface area contributed by atoms with E-state index in [2.05, 4.69) is 20.7 Å². The topological polar surface area (TPSA) is 70.7 Å². The van der Waals surface area contributed by atoms with Gasteiger partial charge in [-0.05, 0) is 24.3 Å². The van der Waals surface area contributed by atoms with Crippen LogP contribution in [-0.4, -0.2) is 21.3 Å². The van der Waals surface area contributed by atoms with Crippen molar-refractivity contribution in [3.63, 3.8) is 0 Å². The van der Waals surface area contributed by atoms with Gasteiger partial charge in [-0.25, -0.2) is 0 Å². The van der Waals surface area contributed by atoms with Gasteiger partial charge in [0, 0.05) is 5.56 Å². The highest BCUT2D eigenvalue weighted by atomic mass is 16.1. The van der Waals surface area contributed by atoms with Gasteiger partial charge in [0.2, 0.25) is 0 Å². The monoisotopic (exact) mass is 238 g/mol. The lowest BCUT2D eigenvalue weighted by Crippen LogP contribution is -2.11. The Labute approximate surface area is 103 Å². The number of hydrogen-bond donors (Lipinski definition) is 2. The molecule has 0 fully saturated rings. The minimum absolute atomic E-state index is 0.161. The van der Waals surface area contributed by atoms with E-state index in [0.717, 1.165) is 5.52 Å². The fourth-order valence-corrected chi connectivity index (χ4v) is 1.76. The first kappa shape index (κ1) is 10.5. The molecule has 0 bridgehead atoms. The first-order valence-corrected chi connectivity index (χ1v) is 5.51. The highest BCUT2D eigenvalue weighted by Crippen LogP contribution is 2.19. The number of rotatable bonds is 2. The largest absolute Gasteiger partial charge is 0.320 e. The second kappa shape index (κ2) is 4.29. The summed E-state index contributed by atoms with van der Waals surface area (Å²) < 4.78 is 0. The van der Waals surface area contributed by atoms with Gasteiger partial charge in [0.15, 0.2) is 0 Å². The van der Waals surface area contributed by atoms with Gasteiger partial charge in [-0.15, -0.1) is 5.10 Å². The minimum Gasteiger partial charge on any atom is -0.320 e. The molecule has 0 unspecified atom stereocenters. The molecule has 0 radical (unpaired) electrons. The number of anilines is 1. The fourth-order valence-electron chi connectivity index (χ4n) is 1.76. The van der Waals surface area contributed by atoms with Crippen molar-refractivity contribution in [1.82, 2.24) is 15.4 Å². The molecule has 3 rings (SSSR count). The van der Waals surface area contributed by atoms with E-state index in [1.54, 1.807) is 18.2 Å². The number of aromatic nitrogens is 3. The van der Waals surface area contributed by atoms with Gasteiger partial charge in [0.1, 0.15) is 5.52 Å². The molecule has 2 N–H and O–H groups in total. The van der Waals surface area contributed by atoms with Crippen molar-refractivity contribution < 1.29 is 4.79 Å². The maximum absolute atomic E-state index is 12.0. The zero-order valence-corrected chi connectivity index (χ0v) is 9.42.